The molecule has 0 fully saturated rings. The fourth-order valence-electron chi connectivity index (χ4n) is 2.72. The zero-order valence-electron chi connectivity index (χ0n) is 10.6. The summed E-state index contributed by atoms with van der Waals surface area (Å²) >= 11 is 0. The van der Waals surface area contributed by atoms with Crippen LogP contribution in [0.3, 0.4) is 0 Å². The monoisotopic (exact) mass is 236 g/mol. The summed E-state index contributed by atoms with van der Waals surface area (Å²) in [7, 11) is 0. The minimum atomic E-state index is 0.417. The van der Waals surface area contributed by atoms with Gasteiger partial charge in [0, 0.05) is 16.7 Å². The molecule has 1 aliphatic heterocycles. The molecule has 0 bridgehead atoms. The molecular weight excluding hydrogens is 220 g/mol. The Labute approximate surface area is 107 Å². The van der Waals surface area contributed by atoms with Crippen LogP contribution in [0.2, 0.25) is 0 Å². The van der Waals surface area contributed by atoms with Crippen molar-refractivity contribution in [2.45, 2.75) is 13.3 Å². The van der Waals surface area contributed by atoms with Gasteiger partial charge in [0.05, 0.1) is 0 Å². The van der Waals surface area contributed by atoms with E-state index in [-0.39, 0.29) is 0 Å². The third-order valence-electron chi connectivity index (χ3n) is 3.65. The molecule has 1 aliphatic carbocycles. The Morgan fingerprint density at radius 1 is 1.28 bits per heavy atom. The highest BCUT2D eigenvalue weighted by Crippen LogP contribution is 2.30. The first kappa shape index (κ1) is 11.1. The molecule has 1 unspecified atom stereocenters. The summed E-state index contributed by atoms with van der Waals surface area (Å²) in [6.45, 7) is 9.93. The normalized spacial score (nSPS) is 20.7. The minimum absolute atomic E-state index is 0.417. The van der Waals surface area contributed by atoms with Gasteiger partial charge < -0.3 is 4.74 Å². The van der Waals surface area contributed by atoms with Gasteiger partial charge in [0.2, 0.25) is 0 Å². The van der Waals surface area contributed by atoms with E-state index in [1.165, 1.54) is 16.0 Å². The molecular formula is C17H16O. The molecule has 0 aromatic heterocycles. The highest BCUT2D eigenvalue weighted by molar-refractivity contribution is 5.81. The van der Waals surface area contributed by atoms with Gasteiger partial charge in [-0.1, -0.05) is 50.4 Å². The second kappa shape index (κ2) is 4.02. The summed E-state index contributed by atoms with van der Waals surface area (Å²) in [5, 5.41) is 2.50. The van der Waals surface area contributed by atoms with E-state index in [2.05, 4.69) is 44.4 Å². The van der Waals surface area contributed by atoms with Crippen molar-refractivity contribution in [2.24, 2.45) is 5.92 Å². The quantitative estimate of drug-likeness (QED) is 0.767. The predicted molar refractivity (Wildman–Crippen MR) is 75.7 cm³/mol. The molecule has 1 aromatic carbocycles. The lowest BCUT2D eigenvalue weighted by atomic mass is 9.89. The minimum Gasteiger partial charge on any atom is -0.460 e. The molecule has 1 atom stereocenters. The van der Waals surface area contributed by atoms with Gasteiger partial charge >= 0.3 is 0 Å². The molecule has 1 aromatic rings. The van der Waals surface area contributed by atoms with E-state index < -0.39 is 0 Å². The molecule has 0 amide bonds. The van der Waals surface area contributed by atoms with E-state index in [4.69, 9.17) is 4.74 Å². The first-order chi connectivity index (χ1) is 8.76. The molecule has 0 spiro atoms. The van der Waals surface area contributed by atoms with Crippen LogP contribution in [0.4, 0.5) is 0 Å². The SMILES string of the molecule is C=CC1=C(C=C)c2cccc3c2=C(O1)C(C)CC=3. The lowest BCUT2D eigenvalue weighted by Gasteiger charge is -2.26. The maximum Gasteiger partial charge on any atom is 0.134 e. The second-order valence-electron chi connectivity index (χ2n) is 4.76. The molecule has 0 N–H and O–H groups in total. The lowest BCUT2D eigenvalue weighted by molar-refractivity contribution is 0.349. The van der Waals surface area contributed by atoms with Crippen LogP contribution in [0.15, 0.2) is 49.3 Å². The Morgan fingerprint density at radius 2 is 2.11 bits per heavy atom. The van der Waals surface area contributed by atoms with Crippen molar-refractivity contribution in [3.8, 4) is 0 Å². The van der Waals surface area contributed by atoms with Gasteiger partial charge in [-0.05, 0) is 23.3 Å². The van der Waals surface area contributed by atoms with Crippen molar-refractivity contribution >= 4 is 17.4 Å². The van der Waals surface area contributed by atoms with E-state index in [1.54, 1.807) is 6.08 Å². The first-order valence-electron chi connectivity index (χ1n) is 6.27. The largest absolute Gasteiger partial charge is 0.460 e. The Bertz CT molecular complexity index is 689. The number of ether oxygens (including phenoxy) is 1. The van der Waals surface area contributed by atoms with E-state index in [0.29, 0.717) is 5.92 Å². The van der Waals surface area contributed by atoms with Crippen LogP contribution in [0.25, 0.3) is 17.4 Å². The molecule has 90 valence electrons. The van der Waals surface area contributed by atoms with Crippen molar-refractivity contribution in [1.82, 2.24) is 0 Å². The van der Waals surface area contributed by atoms with E-state index in [9.17, 15) is 0 Å². The van der Waals surface area contributed by atoms with E-state index >= 15 is 0 Å². The van der Waals surface area contributed by atoms with Crippen LogP contribution >= 0.6 is 0 Å². The zero-order valence-corrected chi connectivity index (χ0v) is 10.6. The van der Waals surface area contributed by atoms with Gasteiger partial charge in [0.25, 0.3) is 0 Å². The van der Waals surface area contributed by atoms with Crippen molar-refractivity contribution < 1.29 is 4.74 Å². The predicted octanol–water partition coefficient (Wildman–Crippen LogP) is 2.73. The number of hydrogen-bond donors (Lipinski definition) is 0. The molecule has 1 heterocycles. The van der Waals surface area contributed by atoms with Crippen LogP contribution in [-0.2, 0) is 4.74 Å². The molecule has 1 heteroatoms. The third-order valence-corrected chi connectivity index (χ3v) is 3.65. The van der Waals surface area contributed by atoms with Gasteiger partial charge in [-0.25, -0.2) is 0 Å². The fraction of sp³-hybridized carbons (Fsp3) is 0.176. The number of hydrogen-bond acceptors (Lipinski definition) is 1. The molecule has 3 rings (SSSR count). The van der Waals surface area contributed by atoms with Gasteiger partial charge in [-0.2, -0.15) is 0 Å². The number of allylic oxidation sites excluding steroid dienone is 3. The van der Waals surface area contributed by atoms with Crippen molar-refractivity contribution in [3.63, 3.8) is 0 Å². The van der Waals surface area contributed by atoms with Crippen LogP contribution in [-0.4, -0.2) is 0 Å². The molecule has 0 saturated carbocycles. The number of rotatable bonds is 2. The smallest absolute Gasteiger partial charge is 0.134 e. The standard InChI is InChI=1S/C17H16O/c1-4-13-14-8-6-7-12-10-9-11(3)17(16(12)14)18-15(13)5-2/h4-8,10-11H,1-2,9H2,3H3. The summed E-state index contributed by atoms with van der Waals surface area (Å²) in [5.41, 5.74) is 2.24. The van der Waals surface area contributed by atoms with Gasteiger partial charge in [0.1, 0.15) is 11.5 Å². The highest BCUT2D eigenvalue weighted by Gasteiger charge is 2.23. The maximum atomic E-state index is 6.05. The van der Waals surface area contributed by atoms with Crippen molar-refractivity contribution in [2.75, 3.05) is 0 Å². The molecule has 0 saturated heterocycles. The zero-order chi connectivity index (χ0) is 12.7. The van der Waals surface area contributed by atoms with Crippen molar-refractivity contribution in [1.29, 1.82) is 0 Å². The van der Waals surface area contributed by atoms with Crippen LogP contribution < -0.4 is 10.4 Å². The summed E-state index contributed by atoms with van der Waals surface area (Å²) < 4.78 is 6.05. The maximum absolute atomic E-state index is 6.05. The Hall–Kier alpha value is -2.02. The molecule has 1 nitrogen and oxygen atoms in total. The van der Waals surface area contributed by atoms with Crippen LogP contribution in [0.1, 0.15) is 18.9 Å². The second-order valence-corrected chi connectivity index (χ2v) is 4.76. The molecule has 0 radical (unpaired) electrons. The highest BCUT2D eigenvalue weighted by atomic mass is 16.5. The first-order valence-corrected chi connectivity index (χ1v) is 6.27. The molecule has 18 heavy (non-hydrogen) atoms. The van der Waals surface area contributed by atoms with Gasteiger partial charge in [-0.15, -0.1) is 0 Å². The Kier molecular flexibility index (Phi) is 2.48. The van der Waals surface area contributed by atoms with E-state index in [1.807, 2.05) is 6.08 Å². The van der Waals surface area contributed by atoms with Crippen LogP contribution in [0, 0.1) is 5.92 Å². The summed E-state index contributed by atoms with van der Waals surface area (Å²) in [6.07, 6.45) is 6.93. The lowest BCUT2D eigenvalue weighted by Crippen LogP contribution is -2.37. The third kappa shape index (κ3) is 1.40. The Morgan fingerprint density at radius 3 is 2.83 bits per heavy atom. The Balaban J connectivity index is 2.45. The summed E-state index contributed by atoms with van der Waals surface area (Å²) in [6, 6.07) is 6.37. The van der Waals surface area contributed by atoms with Gasteiger partial charge in [-0.3, -0.25) is 0 Å². The van der Waals surface area contributed by atoms with Crippen LogP contribution in [0.5, 0.6) is 0 Å². The topological polar surface area (TPSA) is 9.23 Å². The summed E-state index contributed by atoms with van der Waals surface area (Å²) in [5.74, 6) is 2.31. The van der Waals surface area contributed by atoms with E-state index in [0.717, 1.165) is 23.5 Å². The van der Waals surface area contributed by atoms with Gasteiger partial charge in [0.15, 0.2) is 0 Å². The average molecular weight is 236 g/mol. The summed E-state index contributed by atoms with van der Waals surface area (Å²) in [4.78, 5) is 0. The number of benzene rings is 1. The van der Waals surface area contributed by atoms with Crippen molar-refractivity contribution in [3.05, 3.63) is 65.3 Å². The fourth-order valence-corrected chi connectivity index (χ4v) is 2.72. The molecule has 2 aliphatic rings. The average Bonchev–Trinajstić information content (AvgIpc) is 2.42.